The highest BCUT2D eigenvalue weighted by atomic mass is 16.6. The quantitative estimate of drug-likeness (QED) is 0.603. The minimum absolute atomic E-state index is 0.00857. The third kappa shape index (κ3) is 3.52. The van der Waals surface area contributed by atoms with E-state index >= 15 is 0 Å². The molecular formula is C22H25N3O3. The number of nitrogens with zero attached hydrogens (tertiary/aromatic N) is 3. The number of benzene rings is 2. The van der Waals surface area contributed by atoms with Gasteiger partial charge in [0.05, 0.1) is 4.92 Å². The van der Waals surface area contributed by atoms with Gasteiger partial charge >= 0.3 is 0 Å². The molecule has 0 aliphatic carbocycles. The van der Waals surface area contributed by atoms with E-state index in [9.17, 15) is 14.9 Å². The fourth-order valence-corrected chi connectivity index (χ4v) is 4.66. The summed E-state index contributed by atoms with van der Waals surface area (Å²) in [5, 5.41) is 10.8. The molecular weight excluding hydrogens is 354 g/mol. The van der Waals surface area contributed by atoms with E-state index in [1.807, 2.05) is 4.90 Å². The Hall–Kier alpha value is -2.73. The number of nitro groups is 1. The zero-order chi connectivity index (χ0) is 19.7. The first-order valence-electron chi connectivity index (χ1n) is 9.86. The summed E-state index contributed by atoms with van der Waals surface area (Å²) in [7, 11) is 2.20. The molecule has 2 aromatic carbocycles. The molecule has 1 fully saturated rings. The summed E-state index contributed by atoms with van der Waals surface area (Å²) in [5.74, 6) is 0.498. The highest BCUT2D eigenvalue weighted by molar-refractivity contribution is 5.94. The van der Waals surface area contributed by atoms with Crippen LogP contribution in [0, 0.1) is 16.0 Å². The van der Waals surface area contributed by atoms with Crippen molar-refractivity contribution < 1.29 is 9.72 Å². The molecule has 2 aliphatic heterocycles. The monoisotopic (exact) mass is 379 g/mol. The van der Waals surface area contributed by atoms with Crippen molar-refractivity contribution in [2.24, 2.45) is 5.92 Å². The molecule has 0 bridgehead atoms. The third-order valence-electron chi connectivity index (χ3n) is 6.18. The molecule has 1 unspecified atom stereocenters. The van der Waals surface area contributed by atoms with Crippen LogP contribution in [0.3, 0.4) is 0 Å². The lowest BCUT2D eigenvalue weighted by Crippen LogP contribution is -2.44. The number of non-ortho nitro benzene ring substituents is 1. The largest absolute Gasteiger partial charge is 0.339 e. The number of hydrogen-bond donors (Lipinski definition) is 0. The van der Waals surface area contributed by atoms with Gasteiger partial charge < -0.3 is 4.90 Å². The molecule has 6 nitrogen and oxygen atoms in total. The molecule has 1 atom stereocenters. The number of carbonyl (C=O) groups is 1. The van der Waals surface area contributed by atoms with Crippen LogP contribution in [0.15, 0.2) is 48.5 Å². The van der Waals surface area contributed by atoms with Gasteiger partial charge in [-0.15, -0.1) is 0 Å². The maximum atomic E-state index is 12.8. The van der Waals surface area contributed by atoms with Crippen LogP contribution in [0.4, 0.5) is 5.69 Å². The van der Waals surface area contributed by atoms with Crippen molar-refractivity contribution >= 4 is 11.6 Å². The SMILES string of the molecule is CN1CCc2ccccc2C1C1CCN(C(=O)c2ccc([N+](=O)[O-])cc2)CC1. The Kier molecular flexibility index (Phi) is 5.13. The van der Waals surface area contributed by atoms with Gasteiger partial charge in [-0.25, -0.2) is 0 Å². The molecule has 0 saturated carbocycles. The number of carbonyl (C=O) groups excluding carboxylic acids is 1. The van der Waals surface area contributed by atoms with Crippen LogP contribution in [0.25, 0.3) is 0 Å². The van der Waals surface area contributed by atoms with Crippen molar-refractivity contribution in [2.75, 3.05) is 26.7 Å². The molecule has 0 radical (unpaired) electrons. The van der Waals surface area contributed by atoms with E-state index in [0.717, 1.165) is 38.9 Å². The number of likely N-dealkylation sites (tertiary alicyclic amines) is 1. The number of likely N-dealkylation sites (N-methyl/N-ethyl adjacent to an activating group) is 1. The predicted molar refractivity (Wildman–Crippen MR) is 107 cm³/mol. The minimum Gasteiger partial charge on any atom is -0.339 e. The van der Waals surface area contributed by atoms with E-state index in [0.29, 0.717) is 17.5 Å². The average molecular weight is 379 g/mol. The van der Waals surface area contributed by atoms with Crippen LogP contribution in [0.2, 0.25) is 0 Å². The first kappa shape index (κ1) is 18.6. The van der Waals surface area contributed by atoms with Crippen LogP contribution in [0.1, 0.15) is 40.4 Å². The molecule has 4 rings (SSSR count). The molecule has 0 aromatic heterocycles. The maximum Gasteiger partial charge on any atom is 0.269 e. The molecule has 0 spiro atoms. The molecule has 1 saturated heterocycles. The van der Waals surface area contributed by atoms with Crippen LogP contribution >= 0.6 is 0 Å². The third-order valence-corrected chi connectivity index (χ3v) is 6.18. The van der Waals surface area contributed by atoms with E-state index in [1.54, 1.807) is 12.1 Å². The first-order chi connectivity index (χ1) is 13.5. The van der Waals surface area contributed by atoms with Crippen molar-refractivity contribution in [1.29, 1.82) is 0 Å². The number of rotatable bonds is 3. The summed E-state index contributed by atoms with van der Waals surface area (Å²) in [4.78, 5) is 27.5. The van der Waals surface area contributed by atoms with Crippen LogP contribution in [-0.4, -0.2) is 47.3 Å². The van der Waals surface area contributed by atoms with E-state index < -0.39 is 4.92 Å². The Bertz CT molecular complexity index is 873. The zero-order valence-electron chi connectivity index (χ0n) is 16.1. The molecule has 2 aliphatic rings. The number of hydrogen-bond acceptors (Lipinski definition) is 4. The molecule has 146 valence electrons. The zero-order valence-corrected chi connectivity index (χ0v) is 16.1. The first-order valence-corrected chi connectivity index (χ1v) is 9.86. The lowest BCUT2D eigenvalue weighted by atomic mass is 9.80. The van der Waals surface area contributed by atoms with Gasteiger partial charge in [-0.05, 0) is 55.5 Å². The Labute approximate surface area is 164 Å². The summed E-state index contributed by atoms with van der Waals surface area (Å²) in [6, 6.07) is 15.1. The van der Waals surface area contributed by atoms with Gasteiger partial charge in [0.25, 0.3) is 11.6 Å². The summed E-state index contributed by atoms with van der Waals surface area (Å²) in [6.45, 7) is 2.53. The molecule has 2 heterocycles. The van der Waals surface area contributed by atoms with E-state index in [2.05, 4.69) is 36.2 Å². The highest BCUT2D eigenvalue weighted by Crippen LogP contribution is 2.39. The normalized spacial score (nSPS) is 20.6. The lowest BCUT2D eigenvalue weighted by Gasteiger charge is -2.43. The fourth-order valence-electron chi connectivity index (χ4n) is 4.66. The van der Waals surface area contributed by atoms with Crippen molar-refractivity contribution in [3.05, 3.63) is 75.3 Å². The van der Waals surface area contributed by atoms with E-state index in [4.69, 9.17) is 0 Å². The maximum absolute atomic E-state index is 12.8. The van der Waals surface area contributed by atoms with Gasteiger partial charge in [0.1, 0.15) is 0 Å². The lowest BCUT2D eigenvalue weighted by molar-refractivity contribution is -0.384. The van der Waals surface area contributed by atoms with E-state index in [-0.39, 0.29) is 11.6 Å². The van der Waals surface area contributed by atoms with Gasteiger partial charge in [-0.1, -0.05) is 24.3 Å². The second kappa shape index (κ2) is 7.72. The van der Waals surface area contributed by atoms with Crippen molar-refractivity contribution in [1.82, 2.24) is 9.80 Å². The Balaban J connectivity index is 1.43. The standard InChI is InChI=1S/C22H25N3O3/c1-23-13-10-16-4-2-3-5-20(16)21(23)17-11-14-24(15-12-17)22(26)18-6-8-19(9-7-18)25(27)28/h2-9,17,21H,10-15H2,1H3. The minimum atomic E-state index is -0.446. The van der Waals surface area contributed by atoms with Gasteiger partial charge in [-0.2, -0.15) is 0 Å². The van der Waals surface area contributed by atoms with Crippen LogP contribution < -0.4 is 0 Å². The van der Waals surface area contributed by atoms with Gasteiger partial charge in [0.2, 0.25) is 0 Å². The second-order valence-electron chi connectivity index (χ2n) is 7.81. The number of fused-ring (bicyclic) bond motifs is 1. The smallest absolute Gasteiger partial charge is 0.269 e. The Morgan fingerprint density at radius 1 is 1.04 bits per heavy atom. The summed E-state index contributed by atoms with van der Waals surface area (Å²) in [6.07, 6.45) is 3.05. The van der Waals surface area contributed by atoms with Crippen LogP contribution in [0.5, 0.6) is 0 Å². The van der Waals surface area contributed by atoms with Crippen molar-refractivity contribution in [3.63, 3.8) is 0 Å². The number of nitro benzene ring substituents is 1. The Morgan fingerprint density at radius 3 is 2.39 bits per heavy atom. The average Bonchev–Trinajstić information content (AvgIpc) is 2.73. The van der Waals surface area contributed by atoms with Crippen molar-refractivity contribution in [2.45, 2.75) is 25.3 Å². The van der Waals surface area contributed by atoms with Gasteiger partial charge in [-0.3, -0.25) is 19.8 Å². The number of piperidine rings is 1. The second-order valence-corrected chi connectivity index (χ2v) is 7.81. The van der Waals surface area contributed by atoms with Gasteiger partial charge in [0.15, 0.2) is 0 Å². The van der Waals surface area contributed by atoms with E-state index in [1.165, 1.54) is 23.3 Å². The summed E-state index contributed by atoms with van der Waals surface area (Å²) in [5.41, 5.74) is 3.42. The Morgan fingerprint density at radius 2 is 1.71 bits per heavy atom. The predicted octanol–water partition coefficient (Wildman–Crippen LogP) is 3.68. The molecule has 1 amide bonds. The van der Waals surface area contributed by atoms with Gasteiger partial charge in [0, 0.05) is 43.4 Å². The molecule has 0 N–H and O–H groups in total. The van der Waals surface area contributed by atoms with Crippen molar-refractivity contribution in [3.8, 4) is 0 Å². The molecule has 6 heteroatoms. The van der Waals surface area contributed by atoms with Crippen LogP contribution in [-0.2, 0) is 6.42 Å². The topological polar surface area (TPSA) is 66.7 Å². The highest BCUT2D eigenvalue weighted by Gasteiger charge is 2.34. The fraction of sp³-hybridized carbons (Fsp3) is 0.409. The number of amides is 1. The molecule has 2 aromatic rings. The summed E-state index contributed by atoms with van der Waals surface area (Å²) < 4.78 is 0. The molecule has 28 heavy (non-hydrogen) atoms. The summed E-state index contributed by atoms with van der Waals surface area (Å²) >= 11 is 0.